The van der Waals surface area contributed by atoms with Gasteiger partial charge in [0.25, 0.3) is 0 Å². The highest BCUT2D eigenvalue weighted by molar-refractivity contribution is 5.45. The molecule has 1 spiro atoms. The molecular formula is C34H45F5O4. The fourth-order valence-electron chi connectivity index (χ4n) is 9.42. The lowest BCUT2D eigenvalue weighted by molar-refractivity contribution is -0.362. The van der Waals surface area contributed by atoms with Crippen molar-refractivity contribution >= 4 is 0 Å². The first kappa shape index (κ1) is 31.4. The Bertz CT molecular complexity index is 1280. The van der Waals surface area contributed by atoms with E-state index in [4.69, 9.17) is 9.47 Å². The minimum atomic E-state index is -5.87. The number of halogens is 5. The number of fused-ring (bicyclic) bond motifs is 4. The number of ether oxygens (including phenoxy) is 2. The Kier molecular flexibility index (Phi) is 7.11. The van der Waals surface area contributed by atoms with Gasteiger partial charge in [0.05, 0.1) is 18.8 Å². The molecule has 1 aromatic rings. The molecule has 4 nitrogen and oxygen atoms in total. The lowest BCUT2D eigenvalue weighted by Crippen LogP contribution is -2.65. The summed E-state index contributed by atoms with van der Waals surface area (Å²) in [6.45, 7) is 10.7. The van der Waals surface area contributed by atoms with E-state index < -0.39 is 52.8 Å². The molecule has 240 valence electrons. The van der Waals surface area contributed by atoms with Crippen LogP contribution in [0.4, 0.5) is 22.0 Å². The maximum Gasteiger partial charge on any atom is 0.456 e. The molecule has 3 saturated carbocycles. The second kappa shape index (κ2) is 9.73. The van der Waals surface area contributed by atoms with Crippen LogP contribution in [0.15, 0.2) is 35.4 Å². The third kappa shape index (κ3) is 4.57. The van der Waals surface area contributed by atoms with E-state index in [9.17, 15) is 23.4 Å². The molecule has 1 aromatic carbocycles. The van der Waals surface area contributed by atoms with Gasteiger partial charge in [0.2, 0.25) is 0 Å². The molecule has 0 aromatic heterocycles. The van der Waals surface area contributed by atoms with Gasteiger partial charge in [-0.1, -0.05) is 64.5 Å². The van der Waals surface area contributed by atoms with Gasteiger partial charge in [-0.25, -0.2) is 0 Å². The molecule has 0 radical (unpaired) electrons. The molecular weight excluding hydrogens is 567 g/mol. The molecule has 6 atom stereocenters. The number of allylic oxidation sites excluding steroid dienone is 1. The number of hydrogen-bond acceptors (Lipinski definition) is 4. The van der Waals surface area contributed by atoms with Gasteiger partial charge < -0.3 is 19.7 Å². The van der Waals surface area contributed by atoms with Crippen molar-refractivity contribution in [2.45, 2.75) is 127 Å². The Hall–Kier alpha value is -1.55. The van der Waals surface area contributed by atoms with E-state index in [2.05, 4.69) is 27.7 Å². The van der Waals surface area contributed by atoms with Gasteiger partial charge in [0.15, 0.2) is 5.79 Å². The molecule has 9 heteroatoms. The summed E-state index contributed by atoms with van der Waals surface area (Å²) >= 11 is 0. The van der Waals surface area contributed by atoms with Crippen molar-refractivity contribution in [3.8, 4) is 0 Å². The molecule has 4 fully saturated rings. The molecule has 1 saturated heterocycles. The SMILES string of the molecule is CC(C)c1ccc([C@H]2CC3(C)C(CCC3(O)C(F)(F)C(F)(F)F)C3CCC4(O)CC5(CCC4=C32)OCC(C)(C)CO5)cc1. The molecule has 5 unspecified atom stereocenters. The van der Waals surface area contributed by atoms with Gasteiger partial charge in [-0.15, -0.1) is 0 Å². The summed E-state index contributed by atoms with van der Waals surface area (Å²) in [4.78, 5) is 0. The molecule has 5 aliphatic rings. The van der Waals surface area contributed by atoms with Gasteiger partial charge in [-0.3, -0.25) is 0 Å². The van der Waals surface area contributed by atoms with Crippen molar-refractivity contribution in [3.05, 3.63) is 46.5 Å². The van der Waals surface area contributed by atoms with Gasteiger partial charge in [-0.2, -0.15) is 22.0 Å². The summed E-state index contributed by atoms with van der Waals surface area (Å²) in [6, 6.07) is 7.85. The van der Waals surface area contributed by atoms with Crippen molar-refractivity contribution in [2.24, 2.45) is 22.7 Å². The van der Waals surface area contributed by atoms with Crippen LogP contribution in [0, 0.1) is 22.7 Å². The topological polar surface area (TPSA) is 58.9 Å². The van der Waals surface area contributed by atoms with Crippen LogP contribution in [0.3, 0.4) is 0 Å². The van der Waals surface area contributed by atoms with Crippen LogP contribution in [0.25, 0.3) is 0 Å². The van der Waals surface area contributed by atoms with Gasteiger partial charge in [-0.05, 0) is 73.0 Å². The first-order chi connectivity index (χ1) is 19.8. The highest BCUT2D eigenvalue weighted by Gasteiger charge is 2.79. The molecule has 6 rings (SSSR count). The van der Waals surface area contributed by atoms with E-state index in [1.54, 1.807) is 0 Å². The van der Waals surface area contributed by atoms with E-state index in [0.717, 1.165) is 22.3 Å². The quantitative estimate of drug-likeness (QED) is 0.268. The zero-order valence-electron chi connectivity index (χ0n) is 25.8. The van der Waals surface area contributed by atoms with Gasteiger partial charge >= 0.3 is 12.1 Å². The van der Waals surface area contributed by atoms with Gasteiger partial charge in [0, 0.05) is 29.6 Å². The number of hydrogen-bond donors (Lipinski definition) is 2. The lowest BCUT2D eigenvalue weighted by Gasteiger charge is -2.59. The second-order valence-electron chi connectivity index (χ2n) is 15.5. The Morgan fingerprint density at radius 1 is 0.884 bits per heavy atom. The fraction of sp³-hybridized carbons (Fsp3) is 0.765. The van der Waals surface area contributed by atoms with E-state index >= 15 is 8.78 Å². The van der Waals surface area contributed by atoms with E-state index in [-0.39, 0.29) is 36.5 Å². The highest BCUT2D eigenvalue weighted by Crippen LogP contribution is 2.71. The first-order valence-corrected chi connectivity index (χ1v) is 15.8. The predicted octanol–water partition coefficient (Wildman–Crippen LogP) is 8.03. The lowest BCUT2D eigenvalue weighted by atomic mass is 9.49. The van der Waals surface area contributed by atoms with Crippen molar-refractivity contribution in [1.29, 1.82) is 0 Å². The second-order valence-corrected chi connectivity index (χ2v) is 15.5. The average molecular weight is 613 g/mol. The van der Waals surface area contributed by atoms with Crippen molar-refractivity contribution in [2.75, 3.05) is 13.2 Å². The molecule has 0 bridgehead atoms. The summed E-state index contributed by atoms with van der Waals surface area (Å²) in [7, 11) is 0. The van der Waals surface area contributed by atoms with Crippen LogP contribution < -0.4 is 0 Å². The molecule has 1 heterocycles. The maximum atomic E-state index is 15.3. The van der Waals surface area contributed by atoms with Crippen molar-refractivity contribution in [1.82, 2.24) is 0 Å². The summed E-state index contributed by atoms with van der Waals surface area (Å²) in [5, 5.41) is 23.8. The number of rotatable bonds is 3. The minimum Gasteiger partial charge on any atom is -0.385 e. The fourth-order valence-corrected chi connectivity index (χ4v) is 9.42. The van der Waals surface area contributed by atoms with Crippen LogP contribution in [-0.2, 0) is 9.47 Å². The molecule has 2 N–H and O–H groups in total. The molecule has 43 heavy (non-hydrogen) atoms. The highest BCUT2D eigenvalue weighted by atomic mass is 19.4. The number of aliphatic hydroxyl groups is 2. The minimum absolute atomic E-state index is 0.0569. The van der Waals surface area contributed by atoms with Gasteiger partial charge in [0.1, 0.15) is 5.60 Å². The van der Waals surface area contributed by atoms with Crippen molar-refractivity contribution in [3.63, 3.8) is 0 Å². The summed E-state index contributed by atoms with van der Waals surface area (Å²) in [5.41, 5.74) is -2.53. The standard InChI is InChI=1S/C34H45F5O4/c1-20(2)21-6-8-22(9-7-21)24-16-29(5)25(12-15-32(29,41)33(35,36)34(37,38)39)23-10-13-30(40)17-31(14-11-26(30)27(23)24)42-18-28(3,4)19-43-31/h6-9,20,23-25,40-41H,10-19H2,1-5H3/t23?,24-,25?,29?,30?,32?/m1/s1. The van der Waals surface area contributed by atoms with Crippen LogP contribution in [-0.4, -0.2) is 52.5 Å². The normalized spacial score (nSPS) is 39.0. The number of benzene rings is 1. The van der Waals surface area contributed by atoms with E-state index in [1.807, 2.05) is 24.3 Å². The summed E-state index contributed by atoms with van der Waals surface area (Å²) in [6.07, 6.45) is -4.40. The van der Waals surface area contributed by atoms with Crippen molar-refractivity contribution < 1.29 is 41.6 Å². The Balaban J connectivity index is 1.46. The zero-order chi connectivity index (χ0) is 31.4. The zero-order valence-corrected chi connectivity index (χ0v) is 25.8. The van der Waals surface area contributed by atoms with E-state index in [1.165, 1.54) is 6.92 Å². The van der Waals surface area contributed by atoms with Crippen LogP contribution in [0.5, 0.6) is 0 Å². The van der Waals surface area contributed by atoms with Crippen LogP contribution >= 0.6 is 0 Å². The Morgan fingerprint density at radius 2 is 1.51 bits per heavy atom. The summed E-state index contributed by atoms with van der Waals surface area (Å²) < 4.78 is 84.6. The molecule has 0 amide bonds. The third-order valence-corrected chi connectivity index (χ3v) is 11.9. The summed E-state index contributed by atoms with van der Waals surface area (Å²) in [5.74, 6) is -7.29. The number of alkyl halides is 5. The van der Waals surface area contributed by atoms with Crippen LogP contribution in [0.2, 0.25) is 0 Å². The Morgan fingerprint density at radius 3 is 2.09 bits per heavy atom. The maximum absolute atomic E-state index is 15.3. The van der Waals surface area contributed by atoms with E-state index in [0.29, 0.717) is 38.9 Å². The monoisotopic (exact) mass is 612 g/mol. The average Bonchev–Trinajstić information content (AvgIpc) is 3.20. The first-order valence-electron chi connectivity index (χ1n) is 15.8. The molecule has 4 aliphatic carbocycles. The largest absolute Gasteiger partial charge is 0.456 e. The molecule has 1 aliphatic heterocycles. The predicted molar refractivity (Wildman–Crippen MR) is 152 cm³/mol. The van der Waals surface area contributed by atoms with Crippen LogP contribution in [0.1, 0.15) is 109 Å². The third-order valence-electron chi connectivity index (χ3n) is 11.9. The Labute approximate surface area is 251 Å². The smallest absolute Gasteiger partial charge is 0.385 e.